The van der Waals surface area contributed by atoms with Crippen LogP contribution in [0.25, 0.3) is 11.0 Å². The molecule has 2 aromatic heterocycles. The number of nitrogens with one attached hydrogen (secondary N) is 2. The Labute approximate surface area is 183 Å². The van der Waals surface area contributed by atoms with E-state index in [1.165, 1.54) is 6.26 Å². The summed E-state index contributed by atoms with van der Waals surface area (Å²) in [5.41, 5.74) is 2.32. The van der Waals surface area contributed by atoms with E-state index in [1.807, 2.05) is 66.3 Å². The van der Waals surface area contributed by atoms with Crippen LogP contribution in [0.2, 0.25) is 0 Å². The molecule has 8 heteroatoms. The Morgan fingerprint density at radius 1 is 1.13 bits per heavy atom. The number of imidazole rings is 1. The molecule has 1 unspecified atom stereocenters. The maximum Gasteiger partial charge on any atom is 0.287 e. The number of carbonyl (C=O) groups excluding carboxylic acids is 2. The van der Waals surface area contributed by atoms with E-state index in [4.69, 9.17) is 4.42 Å². The largest absolute Gasteiger partial charge is 0.459 e. The summed E-state index contributed by atoms with van der Waals surface area (Å²) in [5, 5.41) is 5.83. The second-order valence-corrected chi connectivity index (χ2v) is 7.88. The molecule has 0 radical (unpaired) electrons. The minimum absolute atomic E-state index is 0.0697. The van der Waals surface area contributed by atoms with Crippen LogP contribution in [0.1, 0.15) is 29.3 Å². The van der Waals surface area contributed by atoms with Crippen molar-refractivity contribution in [3.8, 4) is 0 Å². The number of hydrogen-bond acceptors (Lipinski definition) is 5. The molecule has 0 aliphatic carbocycles. The lowest BCUT2D eigenvalue weighted by atomic mass is 10.2. The number of amides is 2. The average Bonchev–Trinajstić information content (AvgIpc) is 3.43. The lowest BCUT2D eigenvalue weighted by Gasteiger charge is -2.16. The first-order valence-corrected chi connectivity index (χ1v) is 11.0. The van der Waals surface area contributed by atoms with Crippen molar-refractivity contribution in [3.05, 3.63) is 78.5 Å². The van der Waals surface area contributed by atoms with Crippen molar-refractivity contribution in [2.45, 2.75) is 24.4 Å². The van der Waals surface area contributed by atoms with Crippen LogP contribution in [0.3, 0.4) is 0 Å². The molecule has 2 aromatic carbocycles. The van der Waals surface area contributed by atoms with Crippen LogP contribution in [0.4, 0.5) is 5.69 Å². The number of aromatic nitrogens is 2. The second kappa shape index (κ2) is 9.09. The molecular weight excluding hydrogens is 412 g/mol. The van der Waals surface area contributed by atoms with Gasteiger partial charge in [0.1, 0.15) is 12.4 Å². The Hall–Kier alpha value is -3.52. The number of fused-ring (bicyclic) bond motifs is 1. The fraction of sp³-hybridized carbons (Fsp3) is 0.174. The highest BCUT2D eigenvalue weighted by molar-refractivity contribution is 7.98. The highest BCUT2D eigenvalue weighted by Gasteiger charge is 2.21. The van der Waals surface area contributed by atoms with Gasteiger partial charge in [-0.05, 0) is 55.6 Å². The minimum atomic E-state index is -0.433. The molecule has 4 aromatic rings. The summed E-state index contributed by atoms with van der Waals surface area (Å²) in [4.78, 5) is 31.0. The number of benzene rings is 2. The van der Waals surface area contributed by atoms with Gasteiger partial charge in [-0.1, -0.05) is 18.2 Å². The first-order chi connectivity index (χ1) is 15.0. The van der Waals surface area contributed by atoms with Crippen molar-refractivity contribution in [1.82, 2.24) is 14.9 Å². The molecule has 0 fully saturated rings. The number of hydrogen-bond donors (Lipinski definition) is 2. The summed E-state index contributed by atoms with van der Waals surface area (Å²) in [7, 11) is 0. The molecule has 0 aliphatic rings. The molecule has 0 bridgehead atoms. The topological polar surface area (TPSA) is 89.2 Å². The van der Waals surface area contributed by atoms with Gasteiger partial charge >= 0.3 is 0 Å². The lowest BCUT2D eigenvalue weighted by molar-refractivity contribution is -0.116. The molecule has 0 spiro atoms. The molecule has 31 heavy (non-hydrogen) atoms. The van der Waals surface area contributed by atoms with Crippen LogP contribution in [-0.4, -0.2) is 27.6 Å². The third-order valence-corrected chi connectivity index (χ3v) is 5.54. The van der Waals surface area contributed by atoms with E-state index in [-0.39, 0.29) is 24.1 Å². The summed E-state index contributed by atoms with van der Waals surface area (Å²) in [5.74, 6) is 0.303. The zero-order valence-electron chi connectivity index (χ0n) is 17.2. The fourth-order valence-electron chi connectivity index (χ4n) is 3.38. The third-order valence-electron chi connectivity index (χ3n) is 4.82. The normalized spacial score (nSPS) is 11.9. The Morgan fingerprint density at radius 2 is 1.97 bits per heavy atom. The van der Waals surface area contributed by atoms with E-state index >= 15 is 0 Å². The Kier molecular flexibility index (Phi) is 6.08. The van der Waals surface area contributed by atoms with E-state index in [0.29, 0.717) is 5.82 Å². The first-order valence-electron chi connectivity index (χ1n) is 9.78. The predicted molar refractivity (Wildman–Crippen MR) is 121 cm³/mol. The zero-order chi connectivity index (χ0) is 21.8. The molecule has 0 saturated carbocycles. The number of carbonyl (C=O) groups is 2. The SMILES string of the molecule is CSc1cccc(NC(=O)Cn2c(C(C)NC(=O)c3ccco3)nc3ccccc32)c1. The van der Waals surface area contributed by atoms with E-state index in [0.717, 1.165) is 21.6 Å². The van der Waals surface area contributed by atoms with Gasteiger partial charge in [-0.15, -0.1) is 11.8 Å². The molecule has 0 saturated heterocycles. The van der Waals surface area contributed by atoms with Crippen LogP contribution in [0.15, 0.2) is 76.2 Å². The first kappa shape index (κ1) is 20.7. The molecule has 1 atom stereocenters. The van der Waals surface area contributed by atoms with E-state index in [1.54, 1.807) is 23.9 Å². The van der Waals surface area contributed by atoms with Gasteiger partial charge in [-0.2, -0.15) is 0 Å². The number of anilines is 1. The van der Waals surface area contributed by atoms with E-state index in [9.17, 15) is 9.59 Å². The maximum atomic E-state index is 12.8. The van der Waals surface area contributed by atoms with E-state index in [2.05, 4.69) is 15.6 Å². The number of nitrogens with zero attached hydrogens (tertiary/aromatic N) is 2. The molecule has 4 rings (SSSR count). The van der Waals surface area contributed by atoms with Gasteiger partial charge in [0, 0.05) is 10.6 Å². The summed E-state index contributed by atoms with van der Waals surface area (Å²) in [6, 6.07) is 18.1. The monoisotopic (exact) mass is 434 g/mol. The molecule has 2 amide bonds. The van der Waals surface area contributed by atoms with Gasteiger partial charge in [0.2, 0.25) is 5.91 Å². The third kappa shape index (κ3) is 4.64. The van der Waals surface area contributed by atoms with Crippen molar-refractivity contribution in [2.24, 2.45) is 0 Å². The average molecular weight is 435 g/mol. The van der Waals surface area contributed by atoms with E-state index < -0.39 is 6.04 Å². The van der Waals surface area contributed by atoms with Crippen molar-refractivity contribution >= 4 is 40.3 Å². The molecule has 0 aliphatic heterocycles. The zero-order valence-corrected chi connectivity index (χ0v) is 18.0. The Balaban J connectivity index is 1.58. The van der Waals surface area contributed by atoms with Gasteiger partial charge in [-0.3, -0.25) is 9.59 Å². The van der Waals surface area contributed by atoms with Crippen LogP contribution in [0, 0.1) is 0 Å². The van der Waals surface area contributed by atoms with Crippen molar-refractivity contribution < 1.29 is 14.0 Å². The summed E-state index contributed by atoms with van der Waals surface area (Å²) in [6.07, 6.45) is 3.44. The standard InChI is InChI=1S/C23H22N4O3S/c1-15(24-23(29)20-11-6-12-30-20)22-26-18-9-3-4-10-19(18)27(22)14-21(28)25-16-7-5-8-17(13-16)31-2/h3-13,15H,14H2,1-2H3,(H,24,29)(H,25,28). The van der Waals surface area contributed by atoms with Crippen LogP contribution >= 0.6 is 11.8 Å². The Morgan fingerprint density at radius 3 is 2.74 bits per heavy atom. The van der Waals surface area contributed by atoms with Crippen molar-refractivity contribution in [2.75, 3.05) is 11.6 Å². The summed E-state index contributed by atoms with van der Waals surface area (Å²) < 4.78 is 7.00. The summed E-state index contributed by atoms with van der Waals surface area (Å²) >= 11 is 1.61. The van der Waals surface area contributed by atoms with Gasteiger partial charge in [0.05, 0.1) is 23.3 Å². The van der Waals surface area contributed by atoms with Gasteiger partial charge in [-0.25, -0.2) is 4.98 Å². The van der Waals surface area contributed by atoms with Crippen molar-refractivity contribution in [1.29, 1.82) is 0 Å². The number of furan rings is 1. The van der Waals surface area contributed by atoms with Gasteiger partial charge in [0.25, 0.3) is 5.91 Å². The highest BCUT2D eigenvalue weighted by atomic mass is 32.2. The lowest BCUT2D eigenvalue weighted by Crippen LogP contribution is -2.29. The van der Waals surface area contributed by atoms with Gasteiger partial charge in [0.15, 0.2) is 5.76 Å². The minimum Gasteiger partial charge on any atom is -0.459 e. The molecule has 2 N–H and O–H groups in total. The second-order valence-electron chi connectivity index (χ2n) is 7.00. The quantitative estimate of drug-likeness (QED) is 0.419. The molecular formula is C23H22N4O3S. The molecule has 2 heterocycles. The van der Waals surface area contributed by atoms with Crippen LogP contribution in [-0.2, 0) is 11.3 Å². The van der Waals surface area contributed by atoms with Gasteiger partial charge < -0.3 is 19.6 Å². The molecule has 7 nitrogen and oxygen atoms in total. The Bertz CT molecular complexity index is 1220. The fourth-order valence-corrected chi connectivity index (χ4v) is 3.84. The van der Waals surface area contributed by atoms with Crippen molar-refractivity contribution in [3.63, 3.8) is 0 Å². The highest BCUT2D eigenvalue weighted by Crippen LogP contribution is 2.22. The number of para-hydroxylation sites is 2. The number of rotatable bonds is 7. The van der Waals surface area contributed by atoms with Crippen LogP contribution in [0.5, 0.6) is 0 Å². The summed E-state index contributed by atoms with van der Waals surface area (Å²) in [6.45, 7) is 1.90. The maximum absolute atomic E-state index is 12.8. The number of thioether (sulfide) groups is 1. The smallest absolute Gasteiger partial charge is 0.287 e. The molecule has 158 valence electrons. The predicted octanol–water partition coefficient (Wildman–Crippen LogP) is 4.48. The van der Waals surface area contributed by atoms with Crippen LogP contribution < -0.4 is 10.6 Å².